The van der Waals surface area contributed by atoms with Crippen LogP contribution in [0.3, 0.4) is 0 Å². The summed E-state index contributed by atoms with van der Waals surface area (Å²) in [5.74, 6) is 2.59. The maximum Gasteiger partial charge on any atom is 0.219 e. The molecule has 0 fully saturated rings. The number of nitrogens with one attached hydrogen (secondary N) is 1. The number of halogens is 2. The minimum Gasteiger partial charge on any atom is -0.484 e. The molecule has 0 aliphatic rings. The van der Waals surface area contributed by atoms with Gasteiger partial charge in [-0.3, -0.25) is 0 Å². The molecular formula is C18H12Cl2N4O3S. The Morgan fingerprint density at radius 2 is 2.14 bits per heavy atom. The average Bonchev–Trinajstić information content (AvgIpc) is 3.42. The molecule has 0 atom stereocenters. The standard InChI is InChI=1S/C18H12Cl2N4O3S/c19-11-3-6-14(20)16(8-11)26-10-13-5-4-12(27-13)9-21-24-17(22-23-18(24)28)15-2-1-7-25-15/h1-9H,10H2,(H,23,28)/b21-9+. The van der Waals surface area contributed by atoms with Crippen molar-refractivity contribution in [2.75, 3.05) is 0 Å². The molecule has 1 aromatic carbocycles. The minimum atomic E-state index is 0.191. The van der Waals surface area contributed by atoms with Crippen LogP contribution in [0.15, 0.2) is 62.7 Å². The zero-order valence-corrected chi connectivity index (χ0v) is 16.5. The van der Waals surface area contributed by atoms with E-state index < -0.39 is 0 Å². The monoisotopic (exact) mass is 434 g/mol. The maximum atomic E-state index is 6.08. The number of ether oxygens (including phenoxy) is 1. The van der Waals surface area contributed by atoms with Gasteiger partial charge in [0.05, 0.1) is 17.5 Å². The van der Waals surface area contributed by atoms with E-state index in [4.69, 9.17) is 49.0 Å². The molecule has 0 amide bonds. The van der Waals surface area contributed by atoms with Gasteiger partial charge in [-0.25, -0.2) is 5.10 Å². The summed E-state index contributed by atoms with van der Waals surface area (Å²) in [6, 6.07) is 12.1. The number of H-pyrrole nitrogens is 1. The van der Waals surface area contributed by atoms with Crippen molar-refractivity contribution in [1.29, 1.82) is 0 Å². The van der Waals surface area contributed by atoms with Crippen molar-refractivity contribution in [2.45, 2.75) is 6.61 Å². The van der Waals surface area contributed by atoms with Crippen LogP contribution in [0, 0.1) is 4.77 Å². The second-order valence-electron chi connectivity index (χ2n) is 5.55. The van der Waals surface area contributed by atoms with Gasteiger partial charge in [0.25, 0.3) is 0 Å². The van der Waals surface area contributed by atoms with Crippen molar-refractivity contribution in [2.24, 2.45) is 5.10 Å². The summed E-state index contributed by atoms with van der Waals surface area (Å²) >= 11 is 17.2. The van der Waals surface area contributed by atoms with Gasteiger partial charge in [-0.2, -0.15) is 9.78 Å². The molecule has 4 aromatic rings. The van der Waals surface area contributed by atoms with Gasteiger partial charge >= 0.3 is 0 Å². The molecule has 0 bridgehead atoms. The van der Waals surface area contributed by atoms with Gasteiger partial charge in [0.2, 0.25) is 10.6 Å². The van der Waals surface area contributed by atoms with Gasteiger partial charge in [0, 0.05) is 11.1 Å². The van der Waals surface area contributed by atoms with E-state index in [0.29, 0.717) is 43.7 Å². The first-order valence-electron chi connectivity index (χ1n) is 8.02. The fraction of sp³-hybridized carbons (Fsp3) is 0.0556. The fourth-order valence-electron chi connectivity index (χ4n) is 2.36. The SMILES string of the molecule is S=c1[nH]nc(-c2ccco2)n1/N=C/c1ccc(COc2cc(Cl)ccc2Cl)o1. The van der Waals surface area contributed by atoms with Gasteiger partial charge in [-0.15, -0.1) is 5.10 Å². The molecule has 3 heterocycles. The van der Waals surface area contributed by atoms with Crippen LogP contribution in [0.4, 0.5) is 0 Å². The molecule has 28 heavy (non-hydrogen) atoms. The number of nitrogens with zero attached hydrogens (tertiary/aromatic N) is 3. The number of hydrogen-bond acceptors (Lipinski definition) is 6. The summed E-state index contributed by atoms with van der Waals surface area (Å²) in [6.07, 6.45) is 3.07. The van der Waals surface area contributed by atoms with Crippen LogP contribution in [-0.4, -0.2) is 21.1 Å². The number of hydrogen-bond donors (Lipinski definition) is 1. The van der Waals surface area contributed by atoms with E-state index in [1.165, 1.54) is 10.9 Å². The molecule has 0 saturated heterocycles. The van der Waals surface area contributed by atoms with Crippen LogP contribution >= 0.6 is 35.4 Å². The third-order valence-corrected chi connectivity index (χ3v) is 4.45. The lowest BCUT2D eigenvalue weighted by Crippen LogP contribution is -1.95. The summed E-state index contributed by atoms with van der Waals surface area (Å²) in [5.41, 5.74) is 0. The molecule has 0 aliphatic heterocycles. The van der Waals surface area contributed by atoms with Crippen molar-refractivity contribution in [3.63, 3.8) is 0 Å². The molecule has 1 N–H and O–H groups in total. The van der Waals surface area contributed by atoms with Crippen molar-refractivity contribution in [1.82, 2.24) is 14.9 Å². The zero-order valence-electron chi connectivity index (χ0n) is 14.1. The highest BCUT2D eigenvalue weighted by atomic mass is 35.5. The zero-order chi connectivity index (χ0) is 19.5. The molecule has 3 aromatic heterocycles. The fourth-order valence-corrected chi connectivity index (χ4v) is 2.87. The summed E-state index contributed by atoms with van der Waals surface area (Å²) in [5, 5.41) is 12.1. The number of aromatic nitrogens is 3. The van der Waals surface area contributed by atoms with Crippen LogP contribution in [0.25, 0.3) is 11.6 Å². The molecule has 0 radical (unpaired) electrons. The van der Waals surface area contributed by atoms with E-state index in [0.717, 1.165) is 0 Å². The Balaban J connectivity index is 1.48. The Kier molecular flexibility index (Phi) is 5.34. The van der Waals surface area contributed by atoms with E-state index >= 15 is 0 Å². The highest BCUT2D eigenvalue weighted by Crippen LogP contribution is 2.28. The summed E-state index contributed by atoms with van der Waals surface area (Å²) in [7, 11) is 0. The number of aromatic amines is 1. The van der Waals surface area contributed by atoms with Crippen LogP contribution in [-0.2, 0) is 6.61 Å². The maximum absolute atomic E-state index is 6.08. The molecule has 7 nitrogen and oxygen atoms in total. The van der Waals surface area contributed by atoms with Crippen molar-refractivity contribution >= 4 is 41.6 Å². The van der Waals surface area contributed by atoms with Gasteiger partial charge in [-0.1, -0.05) is 23.2 Å². The Labute approximate surface area is 174 Å². The largest absolute Gasteiger partial charge is 0.484 e. The number of rotatable bonds is 6. The Bertz CT molecular complexity index is 1180. The smallest absolute Gasteiger partial charge is 0.219 e. The first-order chi connectivity index (χ1) is 13.6. The van der Waals surface area contributed by atoms with E-state index in [1.54, 1.807) is 48.7 Å². The molecule has 4 rings (SSSR count). The summed E-state index contributed by atoms with van der Waals surface area (Å²) in [6.45, 7) is 0.191. The molecule has 0 spiro atoms. The predicted octanol–water partition coefficient (Wildman–Crippen LogP) is 5.56. The predicted molar refractivity (Wildman–Crippen MR) is 108 cm³/mol. The Hall–Kier alpha value is -2.81. The molecule has 10 heteroatoms. The molecule has 142 valence electrons. The van der Waals surface area contributed by atoms with Gasteiger partial charge in [0.1, 0.15) is 23.9 Å². The van der Waals surface area contributed by atoms with Gasteiger partial charge in [-0.05, 0) is 48.6 Å². The Morgan fingerprint density at radius 3 is 2.96 bits per heavy atom. The summed E-state index contributed by atoms with van der Waals surface area (Å²) < 4.78 is 18.5. The van der Waals surface area contributed by atoms with Gasteiger partial charge < -0.3 is 13.6 Å². The quantitative estimate of drug-likeness (QED) is 0.317. The highest BCUT2D eigenvalue weighted by Gasteiger charge is 2.11. The van der Waals surface area contributed by atoms with Crippen molar-refractivity contribution < 1.29 is 13.6 Å². The first-order valence-corrected chi connectivity index (χ1v) is 9.19. The van der Waals surface area contributed by atoms with Crippen LogP contribution < -0.4 is 4.74 Å². The van der Waals surface area contributed by atoms with E-state index in [-0.39, 0.29) is 6.61 Å². The van der Waals surface area contributed by atoms with Crippen LogP contribution in [0.1, 0.15) is 11.5 Å². The average molecular weight is 435 g/mol. The minimum absolute atomic E-state index is 0.191. The number of benzene rings is 1. The molecular weight excluding hydrogens is 423 g/mol. The molecule has 0 unspecified atom stereocenters. The van der Waals surface area contributed by atoms with E-state index in [9.17, 15) is 0 Å². The molecule has 0 saturated carbocycles. The van der Waals surface area contributed by atoms with Crippen LogP contribution in [0.2, 0.25) is 10.0 Å². The van der Waals surface area contributed by atoms with Gasteiger partial charge in [0.15, 0.2) is 5.76 Å². The highest BCUT2D eigenvalue weighted by molar-refractivity contribution is 7.71. The van der Waals surface area contributed by atoms with Crippen LogP contribution in [0.5, 0.6) is 5.75 Å². The second-order valence-corrected chi connectivity index (χ2v) is 6.78. The molecule has 0 aliphatic carbocycles. The lowest BCUT2D eigenvalue weighted by molar-refractivity contribution is 0.270. The summed E-state index contributed by atoms with van der Waals surface area (Å²) in [4.78, 5) is 0. The van der Waals surface area contributed by atoms with Crippen molar-refractivity contribution in [3.05, 3.63) is 75.1 Å². The number of furan rings is 2. The third-order valence-electron chi connectivity index (χ3n) is 3.64. The normalized spacial score (nSPS) is 11.4. The van der Waals surface area contributed by atoms with Crippen molar-refractivity contribution in [3.8, 4) is 17.3 Å². The topological polar surface area (TPSA) is 81.5 Å². The lowest BCUT2D eigenvalue weighted by atomic mass is 10.3. The first kappa shape index (κ1) is 18.5. The third kappa shape index (κ3) is 4.04. The lowest BCUT2D eigenvalue weighted by Gasteiger charge is -2.06. The second kappa shape index (κ2) is 8.05. The Morgan fingerprint density at radius 1 is 1.25 bits per heavy atom. The van der Waals surface area contributed by atoms with E-state index in [1.807, 2.05) is 0 Å². The van der Waals surface area contributed by atoms with E-state index in [2.05, 4.69) is 15.3 Å².